The van der Waals surface area contributed by atoms with Gasteiger partial charge in [0.05, 0.1) is 11.4 Å². The number of nitrogens with zero attached hydrogens (tertiary/aromatic N) is 3. The van der Waals surface area contributed by atoms with Crippen molar-refractivity contribution in [3.8, 4) is 0 Å². The smallest absolute Gasteiger partial charge is 0.243 e. The van der Waals surface area contributed by atoms with Crippen molar-refractivity contribution >= 4 is 21.6 Å². The minimum absolute atomic E-state index is 0.00884. The van der Waals surface area contributed by atoms with Crippen LogP contribution in [0.4, 0.5) is 4.39 Å². The van der Waals surface area contributed by atoms with Gasteiger partial charge >= 0.3 is 0 Å². The molecule has 0 radical (unpaired) electrons. The third kappa shape index (κ3) is 3.25. The van der Waals surface area contributed by atoms with Gasteiger partial charge in [-0.1, -0.05) is 6.07 Å². The molecule has 0 spiro atoms. The van der Waals surface area contributed by atoms with E-state index >= 15 is 0 Å². The van der Waals surface area contributed by atoms with Crippen molar-refractivity contribution in [3.63, 3.8) is 0 Å². The summed E-state index contributed by atoms with van der Waals surface area (Å²) in [4.78, 5) is 3.96. The van der Waals surface area contributed by atoms with E-state index in [1.807, 2.05) is 0 Å². The van der Waals surface area contributed by atoms with Gasteiger partial charge in [-0.05, 0) is 17.7 Å². The summed E-state index contributed by atoms with van der Waals surface area (Å²) in [5.74, 6) is -0.0387. The Labute approximate surface area is 128 Å². The zero-order chi connectivity index (χ0) is 15.6. The Kier molecular flexibility index (Phi) is 4.65. The highest BCUT2D eigenvalue weighted by Gasteiger charge is 2.25. The molecule has 0 saturated heterocycles. The van der Waals surface area contributed by atoms with Gasteiger partial charge in [0.15, 0.2) is 0 Å². The molecule has 0 atom stereocenters. The molecule has 0 bridgehead atoms. The molecule has 8 heteroatoms. The summed E-state index contributed by atoms with van der Waals surface area (Å²) in [6.07, 6.45) is 3.31. The number of aromatic nitrogens is 2. The zero-order valence-corrected chi connectivity index (χ0v) is 13.2. The normalized spacial score (nSPS) is 12.0. The molecule has 0 fully saturated rings. The molecule has 0 aliphatic rings. The summed E-state index contributed by atoms with van der Waals surface area (Å²) in [6, 6.07) is 3.56. The van der Waals surface area contributed by atoms with Gasteiger partial charge in [-0.2, -0.15) is 4.31 Å². The van der Waals surface area contributed by atoms with Gasteiger partial charge in [-0.3, -0.25) is 0 Å². The fourth-order valence-electron chi connectivity index (χ4n) is 1.88. The van der Waals surface area contributed by atoms with E-state index in [-0.39, 0.29) is 17.3 Å². The van der Waals surface area contributed by atoms with Gasteiger partial charge in [-0.25, -0.2) is 17.8 Å². The summed E-state index contributed by atoms with van der Waals surface area (Å²) in [5, 5.41) is 0. The van der Waals surface area contributed by atoms with Crippen LogP contribution in [0.1, 0.15) is 11.4 Å². The highest BCUT2D eigenvalue weighted by Crippen LogP contribution is 2.23. The Morgan fingerprint density at radius 2 is 2.14 bits per heavy atom. The van der Waals surface area contributed by atoms with E-state index < -0.39 is 15.8 Å². The second-order valence-electron chi connectivity index (χ2n) is 4.60. The van der Waals surface area contributed by atoms with Crippen molar-refractivity contribution in [3.05, 3.63) is 47.8 Å². The predicted molar refractivity (Wildman–Crippen MR) is 77.8 cm³/mol. The van der Waals surface area contributed by atoms with E-state index in [0.29, 0.717) is 11.4 Å². The lowest BCUT2D eigenvalue weighted by atomic mass is 10.2. The van der Waals surface area contributed by atoms with Crippen LogP contribution in [-0.4, -0.2) is 29.3 Å². The maximum absolute atomic E-state index is 13.4. The van der Waals surface area contributed by atoms with Crippen molar-refractivity contribution in [1.82, 2.24) is 13.9 Å². The quantitative estimate of drug-likeness (QED) is 0.789. The molecule has 0 unspecified atom stereocenters. The van der Waals surface area contributed by atoms with Gasteiger partial charge < -0.3 is 4.57 Å². The first kappa shape index (κ1) is 15.9. The van der Waals surface area contributed by atoms with E-state index in [1.54, 1.807) is 24.0 Å². The predicted octanol–water partition coefficient (Wildman–Crippen LogP) is 2.12. The van der Waals surface area contributed by atoms with Crippen molar-refractivity contribution in [2.24, 2.45) is 7.05 Å². The molecule has 1 heterocycles. The minimum Gasteiger partial charge on any atom is -0.337 e. The van der Waals surface area contributed by atoms with Crippen LogP contribution < -0.4 is 0 Å². The maximum atomic E-state index is 13.4. The Balaban J connectivity index is 2.37. The molecule has 0 aliphatic heterocycles. The lowest BCUT2D eigenvalue weighted by Gasteiger charge is -2.18. The van der Waals surface area contributed by atoms with Crippen molar-refractivity contribution < 1.29 is 12.8 Å². The second kappa shape index (κ2) is 6.13. The fourth-order valence-corrected chi connectivity index (χ4v) is 3.55. The van der Waals surface area contributed by atoms with E-state index in [9.17, 15) is 12.8 Å². The van der Waals surface area contributed by atoms with E-state index in [1.165, 1.54) is 19.2 Å². The molecule has 0 saturated carbocycles. The average Bonchev–Trinajstić information content (AvgIpc) is 2.84. The van der Waals surface area contributed by atoms with Gasteiger partial charge in [-0.15, -0.1) is 11.6 Å². The highest BCUT2D eigenvalue weighted by molar-refractivity contribution is 7.89. The third-order valence-electron chi connectivity index (χ3n) is 3.15. The molecule has 1 aromatic carbocycles. The summed E-state index contributed by atoms with van der Waals surface area (Å²) < 4.78 is 41.4. The topological polar surface area (TPSA) is 55.2 Å². The first-order chi connectivity index (χ1) is 9.86. The Morgan fingerprint density at radius 1 is 1.43 bits per heavy atom. The summed E-state index contributed by atoms with van der Waals surface area (Å²) in [6.45, 7) is 0.0874. The first-order valence-corrected chi connectivity index (χ1v) is 8.10. The molecule has 2 aromatic rings. The van der Waals surface area contributed by atoms with E-state index in [0.717, 1.165) is 10.4 Å². The number of benzene rings is 1. The lowest BCUT2D eigenvalue weighted by molar-refractivity contribution is 0.450. The molecule has 114 valence electrons. The number of imidazole rings is 1. The summed E-state index contributed by atoms with van der Waals surface area (Å²) in [5.41, 5.74) is 0.366. The monoisotopic (exact) mass is 331 g/mol. The first-order valence-electron chi connectivity index (χ1n) is 6.13. The zero-order valence-electron chi connectivity index (χ0n) is 11.6. The summed E-state index contributed by atoms with van der Waals surface area (Å²) in [7, 11) is -0.645. The van der Waals surface area contributed by atoms with Crippen LogP contribution in [0, 0.1) is 5.82 Å². The SMILES string of the molecule is CN(Cc1nccn1C)S(=O)(=O)c1cc(F)ccc1CCl. The van der Waals surface area contributed by atoms with Crippen LogP contribution in [0.25, 0.3) is 0 Å². The average molecular weight is 332 g/mol. The lowest BCUT2D eigenvalue weighted by Crippen LogP contribution is -2.28. The van der Waals surface area contributed by atoms with Gasteiger partial charge in [0.2, 0.25) is 10.0 Å². The number of sulfonamides is 1. The molecular formula is C13H15ClFN3O2S. The number of alkyl halides is 1. The summed E-state index contributed by atoms with van der Waals surface area (Å²) >= 11 is 5.74. The number of hydrogen-bond donors (Lipinski definition) is 0. The molecule has 21 heavy (non-hydrogen) atoms. The van der Waals surface area contributed by atoms with Crippen LogP contribution in [0.2, 0.25) is 0 Å². The molecule has 2 rings (SSSR count). The molecular weight excluding hydrogens is 317 g/mol. The van der Waals surface area contributed by atoms with E-state index in [4.69, 9.17) is 11.6 Å². The van der Waals surface area contributed by atoms with Crippen LogP contribution in [0.3, 0.4) is 0 Å². The van der Waals surface area contributed by atoms with Gasteiger partial charge in [0, 0.05) is 32.4 Å². The number of hydrogen-bond acceptors (Lipinski definition) is 3. The third-order valence-corrected chi connectivity index (χ3v) is 5.32. The molecule has 0 N–H and O–H groups in total. The Hall–Kier alpha value is -1.44. The standard InChI is InChI=1S/C13H15ClFN3O2S/c1-17-6-5-16-13(17)9-18(2)21(19,20)12-7-11(15)4-3-10(12)8-14/h3-7H,8-9H2,1-2H3. The number of rotatable bonds is 5. The molecule has 5 nitrogen and oxygen atoms in total. The van der Waals surface area contributed by atoms with Gasteiger partial charge in [0.1, 0.15) is 11.6 Å². The second-order valence-corrected chi connectivity index (χ2v) is 6.88. The molecule has 1 aromatic heterocycles. The molecule has 0 amide bonds. The van der Waals surface area contributed by atoms with Crippen molar-refractivity contribution in [2.45, 2.75) is 17.3 Å². The van der Waals surface area contributed by atoms with Crippen LogP contribution in [0.5, 0.6) is 0 Å². The Bertz CT molecular complexity index is 746. The van der Waals surface area contributed by atoms with Gasteiger partial charge in [0.25, 0.3) is 0 Å². The van der Waals surface area contributed by atoms with Crippen LogP contribution >= 0.6 is 11.6 Å². The van der Waals surface area contributed by atoms with Crippen molar-refractivity contribution in [2.75, 3.05) is 7.05 Å². The number of halogens is 2. The fraction of sp³-hybridized carbons (Fsp3) is 0.308. The largest absolute Gasteiger partial charge is 0.337 e. The van der Waals surface area contributed by atoms with E-state index in [2.05, 4.69) is 4.98 Å². The highest BCUT2D eigenvalue weighted by atomic mass is 35.5. The Morgan fingerprint density at radius 3 is 2.71 bits per heavy atom. The number of aryl methyl sites for hydroxylation is 1. The maximum Gasteiger partial charge on any atom is 0.243 e. The van der Waals surface area contributed by atoms with Crippen molar-refractivity contribution in [1.29, 1.82) is 0 Å². The molecule has 0 aliphatic carbocycles. The van der Waals surface area contributed by atoms with Crippen LogP contribution in [0.15, 0.2) is 35.5 Å². The van der Waals surface area contributed by atoms with Crippen LogP contribution in [-0.2, 0) is 29.5 Å². The minimum atomic E-state index is -3.84.